The molecule has 0 heterocycles. The van der Waals surface area contributed by atoms with Crippen LogP contribution in [-0.2, 0) is 20.7 Å². The van der Waals surface area contributed by atoms with Crippen LogP contribution < -0.4 is 10.6 Å². The van der Waals surface area contributed by atoms with Crippen molar-refractivity contribution >= 4 is 17.9 Å². The van der Waals surface area contributed by atoms with Gasteiger partial charge < -0.3 is 25.4 Å². The fourth-order valence-corrected chi connectivity index (χ4v) is 5.26. The van der Waals surface area contributed by atoms with Crippen molar-refractivity contribution in [3.05, 3.63) is 64.7 Å². The average molecular weight is 563 g/mol. The van der Waals surface area contributed by atoms with Crippen molar-refractivity contribution in [2.24, 2.45) is 0 Å². The van der Waals surface area contributed by atoms with Crippen molar-refractivity contribution in [1.29, 1.82) is 5.26 Å². The number of carbonyl (C=O) groups excluding carboxylic acids is 3. The van der Waals surface area contributed by atoms with E-state index in [1.807, 2.05) is 32.0 Å². The largest absolute Gasteiger partial charge is 0.508 e. The van der Waals surface area contributed by atoms with E-state index in [1.54, 1.807) is 32.9 Å². The molecule has 0 spiro atoms. The molecule has 0 radical (unpaired) electrons. The first-order chi connectivity index (χ1) is 19.4. The number of hydrogen-bond acceptors (Lipinski definition) is 6. The third-order valence-electron chi connectivity index (χ3n) is 6.96. The maximum atomic E-state index is 14.3. The number of phenolic OH excluding ortho intramolecular Hbond substituents is 1. The van der Waals surface area contributed by atoms with Crippen molar-refractivity contribution < 1.29 is 24.2 Å². The molecule has 220 valence electrons. The van der Waals surface area contributed by atoms with Gasteiger partial charge in [0.05, 0.1) is 6.07 Å². The zero-order chi connectivity index (χ0) is 30.2. The Hall–Kier alpha value is -4.06. The number of amides is 3. The van der Waals surface area contributed by atoms with Gasteiger partial charge in [0.25, 0.3) is 0 Å². The Morgan fingerprint density at radius 2 is 1.66 bits per heavy atom. The Balaban J connectivity index is 2.02. The van der Waals surface area contributed by atoms with Gasteiger partial charge in [-0.1, -0.05) is 60.7 Å². The Morgan fingerprint density at radius 3 is 2.22 bits per heavy atom. The number of phenols is 1. The van der Waals surface area contributed by atoms with E-state index in [-0.39, 0.29) is 30.7 Å². The van der Waals surface area contributed by atoms with Gasteiger partial charge in [0.15, 0.2) is 0 Å². The fourth-order valence-electron chi connectivity index (χ4n) is 5.26. The summed E-state index contributed by atoms with van der Waals surface area (Å²) < 4.78 is 5.43. The molecule has 1 aliphatic rings. The number of nitrogens with zero attached hydrogens (tertiary/aromatic N) is 2. The van der Waals surface area contributed by atoms with Gasteiger partial charge in [0.2, 0.25) is 11.8 Å². The van der Waals surface area contributed by atoms with E-state index in [9.17, 15) is 24.8 Å². The molecule has 9 heteroatoms. The Morgan fingerprint density at radius 1 is 1.05 bits per heavy atom. The lowest BCUT2D eigenvalue weighted by atomic mass is 9.94. The second kappa shape index (κ2) is 14.0. The zero-order valence-corrected chi connectivity index (χ0v) is 24.7. The van der Waals surface area contributed by atoms with Crippen molar-refractivity contribution in [3.63, 3.8) is 0 Å². The van der Waals surface area contributed by atoms with Crippen LogP contribution in [-0.4, -0.2) is 52.1 Å². The van der Waals surface area contributed by atoms with Crippen LogP contribution in [0.4, 0.5) is 4.79 Å². The van der Waals surface area contributed by atoms with Crippen LogP contribution in [0.3, 0.4) is 0 Å². The van der Waals surface area contributed by atoms with Gasteiger partial charge in [-0.3, -0.25) is 9.59 Å². The standard InChI is InChI=1S/C32H42N4O5/c1-21-17-22(2)19-24(18-21)28(29(38)34-25-9-7-6-8-10-25)36(16-15-33)30(39)27(35-31(40)41-32(3,4)5)20-23-11-13-26(37)14-12-23/h11-14,17-19,25,27-28,37H,6-10,16,20H2,1-5H3,(H,34,38)(H,35,40). The molecule has 1 saturated carbocycles. The summed E-state index contributed by atoms with van der Waals surface area (Å²) in [5.74, 6) is -0.878. The number of aromatic hydroxyl groups is 1. The van der Waals surface area contributed by atoms with Crippen LogP contribution in [0.1, 0.15) is 81.2 Å². The number of rotatable bonds is 9. The molecule has 0 bridgehead atoms. The lowest BCUT2D eigenvalue weighted by molar-refractivity contribution is -0.142. The summed E-state index contributed by atoms with van der Waals surface area (Å²) in [5, 5.41) is 25.3. The quantitative estimate of drug-likeness (QED) is 0.369. The summed E-state index contributed by atoms with van der Waals surface area (Å²) >= 11 is 0. The van der Waals surface area contributed by atoms with Crippen LogP contribution in [0, 0.1) is 25.2 Å². The van der Waals surface area contributed by atoms with E-state index >= 15 is 0 Å². The van der Waals surface area contributed by atoms with Gasteiger partial charge in [-0.25, -0.2) is 4.79 Å². The summed E-state index contributed by atoms with van der Waals surface area (Å²) in [6.45, 7) is 8.63. The SMILES string of the molecule is Cc1cc(C)cc(C(C(=O)NC2CCCCC2)N(CC#N)C(=O)C(Cc2ccc(O)cc2)NC(=O)OC(C)(C)C)c1. The third-order valence-corrected chi connectivity index (χ3v) is 6.96. The molecule has 2 aromatic carbocycles. The summed E-state index contributed by atoms with van der Waals surface area (Å²) in [6.07, 6.45) is 4.16. The maximum Gasteiger partial charge on any atom is 0.408 e. The second-order valence-corrected chi connectivity index (χ2v) is 11.9. The Kier molecular flexibility index (Phi) is 10.8. The fraction of sp³-hybridized carbons (Fsp3) is 0.500. The van der Waals surface area contributed by atoms with Crippen LogP contribution in [0.15, 0.2) is 42.5 Å². The molecule has 0 aliphatic heterocycles. The third kappa shape index (κ3) is 9.52. The van der Waals surface area contributed by atoms with Crippen LogP contribution in [0.25, 0.3) is 0 Å². The summed E-state index contributed by atoms with van der Waals surface area (Å²) in [5.41, 5.74) is 2.31. The minimum Gasteiger partial charge on any atom is -0.508 e. The molecular formula is C32H42N4O5. The van der Waals surface area contributed by atoms with E-state index in [4.69, 9.17) is 4.74 Å². The normalized spacial score (nSPS) is 15.2. The molecule has 3 rings (SSSR count). The number of aryl methyl sites for hydroxylation is 2. The minimum atomic E-state index is -1.14. The molecule has 1 fully saturated rings. The van der Waals surface area contributed by atoms with E-state index < -0.39 is 29.7 Å². The summed E-state index contributed by atoms with van der Waals surface area (Å²) in [4.78, 5) is 42.3. The molecule has 2 atom stereocenters. The maximum absolute atomic E-state index is 14.3. The molecule has 0 aromatic heterocycles. The van der Waals surface area contributed by atoms with E-state index in [0.29, 0.717) is 11.1 Å². The highest BCUT2D eigenvalue weighted by Crippen LogP contribution is 2.27. The highest BCUT2D eigenvalue weighted by Gasteiger charge is 2.37. The molecule has 41 heavy (non-hydrogen) atoms. The predicted molar refractivity (Wildman–Crippen MR) is 156 cm³/mol. The molecule has 1 aliphatic carbocycles. The highest BCUT2D eigenvalue weighted by atomic mass is 16.6. The molecule has 3 amide bonds. The van der Waals surface area contributed by atoms with Gasteiger partial charge >= 0.3 is 6.09 Å². The van der Waals surface area contributed by atoms with Crippen LogP contribution in [0.2, 0.25) is 0 Å². The van der Waals surface area contributed by atoms with Gasteiger partial charge in [-0.15, -0.1) is 0 Å². The molecule has 3 N–H and O–H groups in total. The van der Waals surface area contributed by atoms with Crippen molar-refractivity contribution in [2.45, 2.75) is 96.9 Å². The van der Waals surface area contributed by atoms with E-state index in [1.165, 1.54) is 17.0 Å². The first kappa shape index (κ1) is 31.5. The van der Waals surface area contributed by atoms with Gasteiger partial charge in [-0.05, 0) is 70.7 Å². The topological polar surface area (TPSA) is 132 Å². The number of carbonyl (C=O) groups is 3. The lowest BCUT2D eigenvalue weighted by Gasteiger charge is -2.34. The first-order valence-corrected chi connectivity index (χ1v) is 14.2. The number of hydrogen-bond donors (Lipinski definition) is 3. The number of nitrogens with one attached hydrogen (secondary N) is 2. The van der Waals surface area contributed by atoms with Gasteiger partial charge in [-0.2, -0.15) is 5.26 Å². The first-order valence-electron chi connectivity index (χ1n) is 14.2. The average Bonchev–Trinajstić information content (AvgIpc) is 2.88. The smallest absolute Gasteiger partial charge is 0.408 e. The molecule has 9 nitrogen and oxygen atoms in total. The highest BCUT2D eigenvalue weighted by molar-refractivity contribution is 5.92. The predicted octanol–water partition coefficient (Wildman–Crippen LogP) is 4.99. The van der Waals surface area contributed by atoms with E-state index in [0.717, 1.165) is 43.2 Å². The number of ether oxygens (including phenoxy) is 1. The van der Waals surface area contributed by atoms with Crippen LogP contribution >= 0.6 is 0 Å². The lowest BCUT2D eigenvalue weighted by Crippen LogP contribution is -2.54. The van der Waals surface area contributed by atoms with Crippen molar-refractivity contribution in [3.8, 4) is 11.8 Å². The zero-order valence-electron chi connectivity index (χ0n) is 24.7. The van der Waals surface area contributed by atoms with Crippen molar-refractivity contribution in [2.75, 3.05) is 6.54 Å². The van der Waals surface area contributed by atoms with E-state index in [2.05, 4.69) is 16.7 Å². The number of alkyl carbamates (subject to hydrolysis) is 1. The Bertz CT molecular complexity index is 1240. The molecule has 2 aromatic rings. The monoisotopic (exact) mass is 562 g/mol. The van der Waals surface area contributed by atoms with Gasteiger partial charge in [0, 0.05) is 12.5 Å². The van der Waals surface area contributed by atoms with Crippen LogP contribution in [0.5, 0.6) is 5.75 Å². The Labute approximate surface area is 242 Å². The molecular weight excluding hydrogens is 520 g/mol. The number of nitriles is 1. The molecule has 0 saturated heterocycles. The molecule has 2 unspecified atom stereocenters. The second-order valence-electron chi connectivity index (χ2n) is 11.9. The minimum absolute atomic E-state index is 0.00336. The number of benzene rings is 2. The summed E-state index contributed by atoms with van der Waals surface area (Å²) in [7, 11) is 0. The van der Waals surface area contributed by atoms with Crippen molar-refractivity contribution in [1.82, 2.24) is 15.5 Å². The van der Waals surface area contributed by atoms with Gasteiger partial charge in [0.1, 0.15) is 30.0 Å². The summed E-state index contributed by atoms with van der Waals surface area (Å²) in [6, 6.07) is 11.8.